The number of hydrogen-bond donors (Lipinski definition) is 1. The molecule has 104 valence electrons. The molecule has 0 amide bonds. The fourth-order valence-electron chi connectivity index (χ4n) is 1.52. The molecule has 3 nitrogen and oxygen atoms in total. The molecular formula is C14H28N2OSi. The fourth-order valence-corrected chi connectivity index (χ4v) is 2.71. The van der Waals surface area contributed by atoms with Crippen LogP contribution in [0.5, 0.6) is 0 Å². The van der Waals surface area contributed by atoms with Gasteiger partial charge in [-0.05, 0) is 36.0 Å². The van der Waals surface area contributed by atoms with E-state index in [2.05, 4.69) is 57.9 Å². The number of nitrogens with one attached hydrogen (secondary N) is 1. The quantitative estimate of drug-likeness (QED) is 0.820. The van der Waals surface area contributed by atoms with Crippen molar-refractivity contribution in [1.82, 2.24) is 10.2 Å². The lowest BCUT2D eigenvalue weighted by Gasteiger charge is -2.39. The Kier molecular flexibility index (Phi) is 4.44. The summed E-state index contributed by atoms with van der Waals surface area (Å²) >= 11 is 0. The number of hydrogen-bond acceptors (Lipinski definition) is 2. The first-order chi connectivity index (χ1) is 8.04. The van der Waals surface area contributed by atoms with Crippen LogP contribution in [0.3, 0.4) is 0 Å². The fraction of sp³-hybridized carbons (Fsp3) is 0.786. The van der Waals surface area contributed by atoms with E-state index in [1.807, 2.05) is 12.3 Å². The van der Waals surface area contributed by atoms with Crippen LogP contribution in [-0.4, -0.2) is 25.1 Å². The van der Waals surface area contributed by atoms with Crippen LogP contribution < -0.4 is 0 Å². The summed E-state index contributed by atoms with van der Waals surface area (Å²) in [6.45, 7) is 16.7. The molecule has 0 spiro atoms. The summed E-state index contributed by atoms with van der Waals surface area (Å²) in [6, 6.07) is 2.04. The predicted molar refractivity (Wildman–Crippen MR) is 79.2 cm³/mol. The highest BCUT2D eigenvalue weighted by atomic mass is 28.4. The molecule has 18 heavy (non-hydrogen) atoms. The third kappa shape index (κ3) is 4.25. The zero-order valence-corrected chi connectivity index (χ0v) is 13.9. The van der Waals surface area contributed by atoms with Gasteiger partial charge in [0.25, 0.3) is 0 Å². The van der Waals surface area contributed by atoms with Gasteiger partial charge in [0.15, 0.2) is 8.32 Å². The summed E-state index contributed by atoms with van der Waals surface area (Å²) < 4.78 is 6.31. The first-order valence-electron chi connectivity index (χ1n) is 6.66. The minimum Gasteiger partial charge on any atom is -0.416 e. The molecular weight excluding hydrogens is 240 g/mol. The van der Waals surface area contributed by atoms with Crippen molar-refractivity contribution in [2.75, 3.05) is 6.61 Å². The Balaban J connectivity index is 2.56. The van der Waals surface area contributed by atoms with Crippen molar-refractivity contribution in [2.45, 2.75) is 59.2 Å². The zero-order valence-electron chi connectivity index (χ0n) is 12.9. The Morgan fingerprint density at radius 1 is 1.22 bits per heavy atom. The molecule has 0 radical (unpaired) electrons. The molecule has 0 aliphatic heterocycles. The van der Waals surface area contributed by atoms with Gasteiger partial charge in [-0.1, -0.05) is 34.6 Å². The molecule has 1 aromatic rings. The molecule has 1 rings (SSSR count). The van der Waals surface area contributed by atoms with E-state index in [-0.39, 0.29) is 10.5 Å². The molecule has 1 heterocycles. The van der Waals surface area contributed by atoms with Gasteiger partial charge in [0.05, 0.1) is 5.69 Å². The molecule has 0 atom stereocenters. The average molecular weight is 268 g/mol. The highest BCUT2D eigenvalue weighted by molar-refractivity contribution is 6.74. The minimum absolute atomic E-state index is 0.130. The van der Waals surface area contributed by atoms with Gasteiger partial charge in [-0.25, -0.2) is 0 Å². The zero-order chi connectivity index (χ0) is 14.0. The third-order valence-electron chi connectivity index (χ3n) is 3.85. The summed E-state index contributed by atoms with van der Waals surface area (Å²) in [7, 11) is -1.64. The second-order valence-electron chi connectivity index (χ2n) is 7.46. The molecule has 0 aliphatic carbocycles. The van der Waals surface area contributed by atoms with Gasteiger partial charge >= 0.3 is 0 Å². The van der Waals surface area contributed by atoms with Crippen molar-refractivity contribution in [2.24, 2.45) is 5.41 Å². The van der Waals surface area contributed by atoms with Gasteiger partial charge in [-0.3, -0.25) is 5.10 Å². The first-order valence-corrected chi connectivity index (χ1v) is 9.57. The van der Waals surface area contributed by atoms with E-state index in [1.165, 1.54) is 0 Å². The van der Waals surface area contributed by atoms with E-state index >= 15 is 0 Å². The van der Waals surface area contributed by atoms with Crippen LogP contribution in [0.25, 0.3) is 0 Å². The van der Waals surface area contributed by atoms with Crippen molar-refractivity contribution in [1.29, 1.82) is 0 Å². The molecule has 1 aromatic heterocycles. The highest BCUT2D eigenvalue weighted by Gasteiger charge is 2.38. The average Bonchev–Trinajstić information content (AvgIpc) is 2.65. The summed E-state index contributed by atoms with van der Waals surface area (Å²) in [5, 5.41) is 7.37. The van der Waals surface area contributed by atoms with E-state index < -0.39 is 8.32 Å². The molecule has 1 N–H and O–H groups in total. The van der Waals surface area contributed by atoms with Crippen molar-refractivity contribution < 1.29 is 4.43 Å². The number of aromatic nitrogens is 2. The summed E-state index contributed by atoms with van der Waals surface area (Å²) in [6.07, 6.45) is 2.82. The highest BCUT2D eigenvalue weighted by Crippen LogP contribution is 2.37. The van der Waals surface area contributed by atoms with E-state index in [0.29, 0.717) is 0 Å². The molecule has 0 aromatic carbocycles. The SMILES string of the molecule is CC(C)(CO[Si](C)(C)C(C)(C)C)Cc1cc[nH]n1. The standard InChI is InChI=1S/C14H28N2OSi/c1-13(2,3)18(6,7)17-11-14(4,5)10-12-8-9-15-16-12/h8-9H,10-11H2,1-7H3,(H,15,16). The summed E-state index contributed by atoms with van der Waals surface area (Å²) in [5.41, 5.74) is 1.24. The van der Waals surface area contributed by atoms with Crippen molar-refractivity contribution in [3.05, 3.63) is 18.0 Å². The van der Waals surface area contributed by atoms with Gasteiger partial charge in [0.2, 0.25) is 0 Å². The van der Waals surface area contributed by atoms with E-state index in [0.717, 1.165) is 18.7 Å². The van der Waals surface area contributed by atoms with Crippen molar-refractivity contribution in [3.8, 4) is 0 Å². The molecule has 0 fully saturated rings. The van der Waals surface area contributed by atoms with Crippen LogP contribution in [0.15, 0.2) is 12.3 Å². The Bertz CT molecular complexity index is 364. The van der Waals surface area contributed by atoms with Gasteiger partial charge in [-0.2, -0.15) is 5.10 Å². The molecule has 0 bridgehead atoms. The number of rotatable bonds is 5. The van der Waals surface area contributed by atoms with Crippen LogP contribution >= 0.6 is 0 Å². The van der Waals surface area contributed by atoms with Gasteiger partial charge in [0, 0.05) is 12.8 Å². The topological polar surface area (TPSA) is 37.9 Å². The van der Waals surface area contributed by atoms with Gasteiger partial charge < -0.3 is 4.43 Å². The van der Waals surface area contributed by atoms with E-state index in [1.54, 1.807) is 0 Å². The van der Waals surface area contributed by atoms with Gasteiger partial charge in [-0.15, -0.1) is 0 Å². The second-order valence-corrected chi connectivity index (χ2v) is 12.3. The van der Waals surface area contributed by atoms with E-state index in [4.69, 9.17) is 4.43 Å². The van der Waals surface area contributed by atoms with E-state index in [9.17, 15) is 0 Å². The van der Waals surface area contributed by atoms with Crippen molar-refractivity contribution in [3.63, 3.8) is 0 Å². The lowest BCUT2D eigenvalue weighted by Crippen LogP contribution is -2.43. The normalized spacial score (nSPS) is 13.9. The number of aromatic amines is 1. The Labute approximate surface area is 112 Å². The molecule has 0 saturated carbocycles. The van der Waals surface area contributed by atoms with Crippen LogP contribution in [-0.2, 0) is 10.8 Å². The molecule has 0 unspecified atom stereocenters. The summed E-state index contributed by atoms with van der Waals surface area (Å²) in [5.74, 6) is 0. The Morgan fingerprint density at radius 2 is 1.83 bits per heavy atom. The largest absolute Gasteiger partial charge is 0.416 e. The molecule has 4 heteroatoms. The van der Waals surface area contributed by atoms with Crippen LogP contribution in [0.1, 0.15) is 40.3 Å². The number of nitrogens with zero attached hydrogens (tertiary/aromatic N) is 1. The second kappa shape index (κ2) is 5.17. The number of H-pyrrole nitrogens is 1. The van der Waals surface area contributed by atoms with Gasteiger partial charge in [0.1, 0.15) is 0 Å². The minimum atomic E-state index is -1.64. The van der Waals surface area contributed by atoms with Crippen LogP contribution in [0.2, 0.25) is 18.1 Å². The van der Waals surface area contributed by atoms with Crippen LogP contribution in [0.4, 0.5) is 0 Å². The first kappa shape index (κ1) is 15.4. The van der Waals surface area contributed by atoms with Crippen LogP contribution in [0, 0.1) is 5.41 Å². The lowest BCUT2D eigenvalue weighted by atomic mass is 9.89. The monoisotopic (exact) mass is 268 g/mol. The lowest BCUT2D eigenvalue weighted by molar-refractivity contribution is 0.163. The molecule has 0 saturated heterocycles. The Hall–Kier alpha value is -0.613. The maximum atomic E-state index is 6.31. The smallest absolute Gasteiger partial charge is 0.192 e. The third-order valence-corrected chi connectivity index (χ3v) is 8.33. The maximum Gasteiger partial charge on any atom is 0.192 e. The predicted octanol–water partition coefficient (Wildman–Crippen LogP) is 4.00. The molecule has 0 aliphatic rings. The Morgan fingerprint density at radius 3 is 2.28 bits per heavy atom. The van der Waals surface area contributed by atoms with Crippen molar-refractivity contribution >= 4 is 8.32 Å². The maximum absolute atomic E-state index is 6.31. The summed E-state index contributed by atoms with van der Waals surface area (Å²) in [4.78, 5) is 0.